The Labute approximate surface area is 90.4 Å². The number of aromatic amines is 1. The molecule has 0 fully saturated rings. The number of aryl methyl sites for hydroxylation is 1. The minimum absolute atomic E-state index is 0.204. The van der Waals surface area contributed by atoms with Gasteiger partial charge in [-0.15, -0.1) is 5.10 Å². The lowest BCUT2D eigenvalue weighted by atomic mass is 10.4. The molecular formula is C9H9N7. The predicted molar refractivity (Wildman–Crippen MR) is 58.3 cm³/mol. The first kappa shape index (κ1) is 8.84. The zero-order chi connectivity index (χ0) is 11.1. The van der Waals surface area contributed by atoms with Crippen molar-refractivity contribution in [1.29, 1.82) is 0 Å². The van der Waals surface area contributed by atoms with Crippen LogP contribution in [0.15, 0.2) is 18.3 Å². The number of fused-ring (bicyclic) bond motifs is 1. The van der Waals surface area contributed by atoms with Crippen LogP contribution in [-0.2, 0) is 7.05 Å². The Balaban J connectivity index is 2.28. The topological polar surface area (TPSA) is 98.3 Å². The maximum atomic E-state index is 5.45. The molecular weight excluding hydrogens is 206 g/mol. The largest absolute Gasteiger partial charge is 0.366 e. The lowest BCUT2D eigenvalue weighted by Crippen LogP contribution is -1.95. The molecule has 80 valence electrons. The van der Waals surface area contributed by atoms with Crippen molar-refractivity contribution in [3.05, 3.63) is 18.3 Å². The van der Waals surface area contributed by atoms with E-state index in [2.05, 4.69) is 25.1 Å². The van der Waals surface area contributed by atoms with Crippen molar-refractivity contribution in [3.8, 4) is 11.6 Å². The lowest BCUT2D eigenvalue weighted by molar-refractivity contribution is 0.923. The highest BCUT2D eigenvalue weighted by Crippen LogP contribution is 2.18. The summed E-state index contributed by atoms with van der Waals surface area (Å²) in [6, 6.07) is 3.74. The molecule has 0 bridgehead atoms. The third kappa shape index (κ3) is 1.14. The Morgan fingerprint density at radius 2 is 2.25 bits per heavy atom. The standard InChI is InChI=1S/C9H9N7/c1-16-7-5(3-2-4-11-7)12-8(16)6-13-9(10)15-14-6/h2-4H,1H3,(H3,10,13,14,15). The summed E-state index contributed by atoms with van der Waals surface area (Å²) in [6.45, 7) is 0. The number of nitrogen functional groups attached to an aromatic ring is 1. The molecule has 16 heavy (non-hydrogen) atoms. The summed E-state index contributed by atoms with van der Waals surface area (Å²) in [5.41, 5.74) is 7.07. The third-order valence-corrected chi connectivity index (χ3v) is 2.34. The first-order valence-electron chi connectivity index (χ1n) is 4.71. The van der Waals surface area contributed by atoms with Crippen LogP contribution >= 0.6 is 0 Å². The molecule has 0 saturated carbocycles. The Bertz CT molecular complexity index is 651. The Kier molecular flexibility index (Phi) is 1.67. The van der Waals surface area contributed by atoms with Crippen LogP contribution in [-0.4, -0.2) is 29.7 Å². The molecule has 3 N–H and O–H groups in total. The quantitative estimate of drug-likeness (QED) is 0.609. The van der Waals surface area contributed by atoms with E-state index in [1.807, 2.05) is 23.7 Å². The molecule has 0 aliphatic carbocycles. The molecule has 3 rings (SSSR count). The van der Waals surface area contributed by atoms with Crippen molar-refractivity contribution in [2.45, 2.75) is 0 Å². The number of imidazole rings is 1. The highest BCUT2D eigenvalue weighted by Gasteiger charge is 2.13. The Hall–Kier alpha value is -2.44. The van der Waals surface area contributed by atoms with E-state index in [0.29, 0.717) is 11.6 Å². The molecule has 0 radical (unpaired) electrons. The van der Waals surface area contributed by atoms with E-state index in [1.54, 1.807) is 6.20 Å². The average molecular weight is 215 g/mol. The predicted octanol–water partition coefficient (Wildman–Crippen LogP) is 0.336. The maximum absolute atomic E-state index is 5.45. The smallest absolute Gasteiger partial charge is 0.239 e. The molecule has 3 aromatic rings. The monoisotopic (exact) mass is 215 g/mol. The van der Waals surface area contributed by atoms with Gasteiger partial charge in [0.15, 0.2) is 17.3 Å². The number of anilines is 1. The van der Waals surface area contributed by atoms with Crippen LogP contribution in [0.25, 0.3) is 22.8 Å². The SMILES string of the molecule is Cn1c(-c2nc(N)n[nH]2)nc2cccnc21. The van der Waals surface area contributed by atoms with Gasteiger partial charge in [0.1, 0.15) is 5.52 Å². The minimum atomic E-state index is 0.204. The van der Waals surface area contributed by atoms with Crippen molar-refractivity contribution in [1.82, 2.24) is 29.7 Å². The average Bonchev–Trinajstić information content (AvgIpc) is 2.84. The number of nitrogens with two attached hydrogens (primary N) is 1. The van der Waals surface area contributed by atoms with Gasteiger partial charge in [0, 0.05) is 13.2 Å². The van der Waals surface area contributed by atoms with Gasteiger partial charge in [-0.2, -0.15) is 4.98 Å². The van der Waals surface area contributed by atoms with Gasteiger partial charge in [-0.25, -0.2) is 9.97 Å². The fourth-order valence-corrected chi connectivity index (χ4v) is 1.61. The van der Waals surface area contributed by atoms with Crippen molar-refractivity contribution in [3.63, 3.8) is 0 Å². The zero-order valence-electron chi connectivity index (χ0n) is 8.55. The summed E-state index contributed by atoms with van der Waals surface area (Å²) in [5, 5.41) is 6.50. The van der Waals surface area contributed by atoms with Crippen molar-refractivity contribution >= 4 is 17.1 Å². The third-order valence-electron chi connectivity index (χ3n) is 2.34. The zero-order valence-corrected chi connectivity index (χ0v) is 8.55. The van der Waals surface area contributed by atoms with Crippen LogP contribution in [0.4, 0.5) is 5.95 Å². The second-order valence-corrected chi connectivity index (χ2v) is 3.38. The summed E-state index contributed by atoms with van der Waals surface area (Å²) >= 11 is 0. The number of nitrogens with zero attached hydrogens (tertiary/aromatic N) is 5. The summed E-state index contributed by atoms with van der Waals surface area (Å²) in [5.74, 6) is 1.41. The molecule has 3 aromatic heterocycles. The number of rotatable bonds is 1. The van der Waals surface area contributed by atoms with E-state index < -0.39 is 0 Å². The maximum Gasteiger partial charge on any atom is 0.239 e. The van der Waals surface area contributed by atoms with Gasteiger partial charge in [-0.05, 0) is 12.1 Å². The van der Waals surface area contributed by atoms with Gasteiger partial charge in [-0.1, -0.05) is 0 Å². The van der Waals surface area contributed by atoms with Gasteiger partial charge in [-0.3, -0.25) is 5.10 Å². The summed E-state index contributed by atoms with van der Waals surface area (Å²) in [6.07, 6.45) is 1.72. The fraction of sp³-hybridized carbons (Fsp3) is 0.111. The highest BCUT2D eigenvalue weighted by atomic mass is 15.3. The number of hydrogen-bond acceptors (Lipinski definition) is 5. The first-order chi connectivity index (χ1) is 7.75. The van der Waals surface area contributed by atoms with Gasteiger partial charge >= 0.3 is 0 Å². The highest BCUT2D eigenvalue weighted by molar-refractivity contribution is 5.75. The molecule has 0 atom stereocenters. The van der Waals surface area contributed by atoms with Gasteiger partial charge in [0.25, 0.3) is 0 Å². The Morgan fingerprint density at radius 1 is 1.38 bits per heavy atom. The summed E-state index contributed by atoms with van der Waals surface area (Å²) in [7, 11) is 1.87. The van der Waals surface area contributed by atoms with Crippen LogP contribution in [0.1, 0.15) is 0 Å². The van der Waals surface area contributed by atoms with Crippen molar-refractivity contribution in [2.75, 3.05) is 5.73 Å². The number of H-pyrrole nitrogens is 1. The summed E-state index contributed by atoms with van der Waals surface area (Å²) < 4.78 is 1.84. The molecule has 7 nitrogen and oxygen atoms in total. The molecule has 0 unspecified atom stereocenters. The molecule has 7 heteroatoms. The molecule has 0 amide bonds. The van der Waals surface area contributed by atoms with Crippen LogP contribution in [0.2, 0.25) is 0 Å². The van der Waals surface area contributed by atoms with E-state index >= 15 is 0 Å². The van der Waals surface area contributed by atoms with Crippen molar-refractivity contribution < 1.29 is 0 Å². The second-order valence-electron chi connectivity index (χ2n) is 3.38. The molecule has 0 aliphatic rings. The van der Waals surface area contributed by atoms with E-state index in [4.69, 9.17) is 5.73 Å². The molecule has 0 aliphatic heterocycles. The number of hydrogen-bond donors (Lipinski definition) is 2. The fourth-order valence-electron chi connectivity index (χ4n) is 1.61. The number of aromatic nitrogens is 6. The first-order valence-corrected chi connectivity index (χ1v) is 4.71. The molecule has 0 spiro atoms. The van der Waals surface area contributed by atoms with Gasteiger partial charge < -0.3 is 10.3 Å². The minimum Gasteiger partial charge on any atom is -0.366 e. The van der Waals surface area contributed by atoms with Crippen LogP contribution in [0.3, 0.4) is 0 Å². The normalized spacial score (nSPS) is 11.1. The number of pyridine rings is 1. The van der Waals surface area contributed by atoms with E-state index in [0.717, 1.165) is 11.2 Å². The second kappa shape index (κ2) is 3.02. The van der Waals surface area contributed by atoms with Crippen molar-refractivity contribution in [2.24, 2.45) is 7.05 Å². The van der Waals surface area contributed by atoms with Crippen LogP contribution in [0.5, 0.6) is 0 Å². The van der Waals surface area contributed by atoms with Crippen LogP contribution in [0, 0.1) is 0 Å². The van der Waals surface area contributed by atoms with Crippen LogP contribution < -0.4 is 5.73 Å². The molecule has 0 saturated heterocycles. The molecule has 0 aromatic carbocycles. The van der Waals surface area contributed by atoms with E-state index in [-0.39, 0.29) is 5.95 Å². The molecule has 3 heterocycles. The van der Waals surface area contributed by atoms with E-state index in [1.165, 1.54) is 0 Å². The van der Waals surface area contributed by atoms with Gasteiger partial charge in [0.05, 0.1) is 0 Å². The van der Waals surface area contributed by atoms with Gasteiger partial charge in [0.2, 0.25) is 5.95 Å². The van der Waals surface area contributed by atoms with E-state index in [9.17, 15) is 0 Å². The summed E-state index contributed by atoms with van der Waals surface area (Å²) in [4.78, 5) is 12.7. The Morgan fingerprint density at radius 3 is 2.94 bits per heavy atom. The number of nitrogens with one attached hydrogen (secondary N) is 1. The lowest BCUT2D eigenvalue weighted by Gasteiger charge is -1.96.